The van der Waals surface area contributed by atoms with Gasteiger partial charge in [-0.05, 0) is 66.8 Å². The highest BCUT2D eigenvalue weighted by molar-refractivity contribution is 7.92. The fourth-order valence-electron chi connectivity index (χ4n) is 5.99. The van der Waals surface area contributed by atoms with Gasteiger partial charge in [-0.1, -0.05) is 115 Å². The van der Waals surface area contributed by atoms with E-state index in [9.17, 15) is 18.0 Å². The predicted molar refractivity (Wildman–Crippen MR) is 188 cm³/mol. The number of benzene rings is 4. The zero-order valence-corrected chi connectivity index (χ0v) is 28.6. The molecule has 47 heavy (non-hydrogen) atoms. The maximum Gasteiger partial charge on any atom is 0.264 e. The Morgan fingerprint density at radius 2 is 1.49 bits per heavy atom. The van der Waals surface area contributed by atoms with E-state index in [0.717, 1.165) is 53.1 Å². The maximum atomic E-state index is 14.7. The summed E-state index contributed by atoms with van der Waals surface area (Å²) in [5.74, 6) is -0.803. The number of nitrogens with zero attached hydrogens (tertiary/aromatic N) is 2. The number of hydrogen-bond donors (Lipinski definition) is 1. The van der Waals surface area contributed by atoms with Gasteiger partial charge in [-0.25, -0.2) is 8.42 Å². The van der Waals surface area contributed by atoms with Crippen LogP contribution < -0.4 is 9.62 Å². The average Bonchev–Trinajstić information content (AvgIpc) is 3.07. The van der Waals surface area contributed by atoms with Gasteiger partial charge >= 0.3 is 0 Å². The van der Waals surface area contributed by atoms with E-state index in [1.165, 1.54) is 35.2 Å². The van der Waals surface area contributed by atoms with E-state index < -0.39 is 28.5 Å². The number of carbonyl (C=O) groups excluding carboxylic acids is 2. The summed E-state index contributed by atoms with van der Waals surface area (Å²) in [6.07, 6.45) is 5.23. The lowest BCUT2D eigenvalue weighted by Gasteiger charge is -2.35. The number of anilines is 1. The normalized spacial score (nSPS) is 14.3. The highest BCUT2D eigenvalue weighted by Crippen LogP contribution is 2.33. The molecule has 1 N–H and O–H groups in total. The largest absolute Gasteiger partial charge is 0.352 e. The van der Waals surface area contributed by atoms with Gasteiger partial charge in [0.05, 0.1) is 15.6 Å². The number of amides is 2. The smallest absolute Gasteiger partial charge is 0.264 e. The Morgan fingerprint density at radius 1 is 0.851 bits per heavy atom. The summed E-state index contributed by atoms with van der Waals surface area (Å²) >= 11 is 12.8. The Kier molecular flexibility index (Phi) is 11.6. The molecule has 0 spiro atoms. The SMILES string of the molecule is Cc1ccccc1CN(C(=O)CN(c1ccc(Cl)cc1Cl)S(=O)(=O)c1ccccc1)C(Cc1ccccc1)C(=O)NC1CCCCC1. The third kappa shape index (κ3) is 8.74. The molecule has 0 aliphatic heterocycles. The van der Waals surface area contributed by atoms with Crippen molar-refractivity contribution in [2.45, 2.75) is 69.0 Å². The van der Waals surface area contributed by atoms with Gasteiger partial charge in [-0.3, -0.25) is 13.9 Å². The van der Waals surface area contributed by atoms with E-state index >= 15 is 0 Å². The van der Waals surface area contributed by atoms with E-state index in [0.29, 0.717) is 5.02 Å². The number of halogens is 2. The van der Waals surface area contributed by atoms with Crippen molar-refractivity contribution < 1.29 is 18.0 Å². The number of hydrogen-bond acceptors (Lipinski definition) is 4. The second kappa shape index (κ2) is 15.8. The molecule has 0 radical (unpaired) electrons. The van der Waals surface area contributed by atoms with E-state index in [-0.39, 0.29) is 40.5 Å². The molecule has 1 aliphatic rings. The molecule has 0 aromatic heterocycles. The lowest BCUT2D eigenvalue weighted by molar-refractivity contribution is -0.140. The zero-order valence-electron chi connectivity index (χ0n) is 26.3. The minimum Gasteiger partial charge on any atom is -0.352 e. The fourth-order valence-corrected chi connectivity index (χ4v) is 8.00. The van der Waals surface area contributed by atoms with Crippen LogP contribution in [-0.2, 0) is 32.6 Å². The van der Waals surface area contributed by atoms with Gasteiger partial charge in [-0.15, -0.1) is 0 Å². The molecule has 246 valence electrons. The summed E-state index contributed by atoms with van der Waals surface area (Å²) in [6.45, 7) is 1.47. The molecule has 1 atom stereocenters. The lowest BCUT2D eigenvalue weighted by atomic mass is 9.94. The van der Waals surface area contributed by atoms with Crippen molar-refractivity contribution in [1.82, 2.24) is 10.2 Å². The van der Waals surface area contributed by atoms with Crippen LogP contribution in [0.25, 0.3) is 0 Å². The van der Waals surface area contributed by atoms with E-state index in [2.05, 4.69) is 5.32 Å². The van der Waals surface area contributed by atoms with Crippen LogP contribution in [0.2, 0.25) is 10.0 Å². The lowest BCUT2D eigenvalue weighted by Crippen LogP contribution is -2.55. The summed E-state index contributed by atoms with van der Waals surface area (Å²) in [5, 5.41) is 3.63. The molecule has 4 aromatic rings. The van der Waals surface area contributed by atoms with Gasteiger partial charge in [-0.2, -0.15) is 0 Å². The molecule has 4 aromatic carbocycles. The molecule has 0 saturated heterocycles. The van der Waals surface area contributed by atoms with Gasteiger partial charge in [0.2, 0.25) is 11.8 Å². The Balaban J connectivity index is 1.58. The third-order valence-corrected chi connectivity index (χ3v) is 10.9. The Morgan fingerprint density at radius 3 is 2.15 bits per heavy atom. The first kappa shape index (κ1) is 34.5. The monoisotopic (exact) mass is 691 g/mol. The molecular formula is C37H39Cl2N3O4S. The number of sulfonamides is 1. The van der Waals surface area contributed by atoms with Crippen LogP contribution in [0.4, 0.5) is 5.69 Å². The van der Waals surface area contributed by atoms with Crippen LogP contribution in [0.1, 0.15) is 48.8 Å². The second-order valence-corrected chi connectivity index (χ2v) is 14.6. The van der Waals surface area contributed by atoms with Gasteiger partial charge in [0.1, 0.15) is 12.6 Å². The summed E-state index contributed by atoms with van der Waals surface area (Å²) in [6, 6.07) is 28.7. The van der Waals surface area contributed by atoms with Gasteiger partial charge < -0.3 is 10.2 Å². The minimum atomic E-state index is -4.27. The molecule has 10 heteroatoms. The van der Waals surface area contributed by atoms with Crippen molar-refractivity contribution in [2.75, 3.05) is 10.8 Å². The first-order valence-corrected chi connectivity index (χ1v) is 18.0. The fraction of sp³-hybridized carbons (Fsp3) is 0.297. The van der Waals surface area contributed by atoms with Crippen LogP contribution in [0.3, 0.4) is 0 Å². The molecule has 5 rings (SSSR count). The molecule has 2 amide bonds. The standard InChI is InChI=1S/C37H39Cl2N3O4S/c1-27-13-11-12-16-29(27)25-41(35(23-28-14-5-2-6-15-28)37(44)40-31-17-7-3-8-18-31)36(43)26-42(34-22-21-30(38)24-33(34)39)47(45,46)32-19-9-4-10-20-32/h2,4-6,9-16,19-22,24,31,35H,3,7-8,17-18,23,25-26H2,1H3,(H,40,44). The Labute approximate surface area is 287 Å². The number of carbonyl (C=O) groups is 2. The van der Waals surface area contributed by atoms with Crippen molar-refractivity contribution in [3.8, 4) is 0 Å². The summed E-state index contributed by atoms with van der Waals surface area (Å²) in [7, 11) is -4.27. The quantitative estimate of drug-likeness (QED) is 0.166. The predicted octanol–water partition coefficient (Wildman–Crippen LogP) is 7.59. The zero-order chi connectivity index (χ0) is 33.4. The van der Waals surface area contributed by atoms with Crippen LogP contribution in [0.15, 0.2) is 108 Å². The average molecular weight is 693 g/mol. The molecule has 0 heterocycles. The van der Waals surface area contributed by atoms with E-state index in [1.807, 2.05) is 61.5 Å². The van der Waals surface area contributed by atoms with E-state index in [4.69, 9.17) is 23.2 Å². The van der Waals surface area contributed by atoms with Crippen LogP contribution in [0.5, 0.6) is 0 Å². The Hall–Kier alpha value is -3.85. The van der Waals surface area contributed by atoms with Crippen molar-refractivity contribution in [3.05, 3.63) is 130 Å². The summed E-state index contributed by atoms with van der Waals surface area (Å²) in [4.78, 5) is 30.4. The summed E-state index contributed by atoms with van der Waals surface area (Å²) in [5.41, 5.74) is 2.79. The van der Waals surface area contributed by atoms with Crippen LogP contribution in [-0.4, -0.2) is 43.8 Å². The minimum absolute atomic E-state index is 0.000137. The molecule has 7 nitrogen and oxygen atoms in total. The first-order valence-electron chi connectivity index (χ1n) is 15.8. The molecule has 1 unspecified atom stereocenters. The number of aryl methyl sites for hydroxylation is 1. The van der Waals surface area contributed by atoms with E-state index in [1.54, 1.807) is 18.2 Å². The van der Waals surface area contributed by atoms with Crippen molar-refractivity contribution in [1.29, 1.82) is 0 Å². The molecule has 1 saturated carbocycles. The second-order valence-electron chi connectivity index (χ2n) is 11.9. The van der Waals surface area contributed by atoms with Gasteiger partial charge in [0.25, 0.3) is 10.0 Å². The highest BCUT2D eigenvalue weighted by Gasteiger charge is 2.36. The molecular weight excluding hydrogens is 653 g/mol. The number of rotatable bonds is 12. The van der Waals surface area contributed by atoms with Gasteiger partial charge in [0, 0.05) is 24.0 Å². The third-order valence-electron chi connectivity index (χ3n) is 8.61. The van der Waals surface area contributed by atoms with Crippen molar-refractivity contribution >= 4 is 50.7 Å². The first-order chi connectivity index (χ1) is 22.6. The Bertz CT molecular complexity index is 1780. The molecule has 1 aliphatic carbocycles. The topological polar surface area (TPSA) is 86.8 Å². The van der Waals surface area contributed by atoms with Crippen LogP contribution in [0, 0.1) is 6.92 Å². The van der Waals surface area contributed by atoms with Crippen molar-refractivity contribution in [3.63, 3.8) is 0 Å². The highest BCUT2D eigenvalue weighted by atomic mass is 35.5. The maximum absolute atomic E-state index is 14.7. The molecule has 1 fully saturated rings. The number of nitrogens with one attached hydrogen (secondary N) is 1. The summed E-state index contributed by atoms with van der Waals surface area (Å²) < 4.78 is 29.4. The van der Waals surface area contributed by atoms with Crippen molar-refractivity contribution in [2.24, 2.45) is 0 Å². The van der Waals surface area contributed by atoms with Crippen LogP contribution >= 0.6 is 23.2 Å². The molecule has 0 bridgehead atoms. The van der Waals surface area contributed by atoms with Gasteiger partial charge in [0.15, 0.2) is 0 Å².